The quantitative estimate of drug-likeness (QED) is 0.612. The summed E-state index contributed by atoms with van der Waals surface area (Å²) in [4.78, 5) is 38.7. The van der Waals surface area contributed by atoms with Crippen molar-refractivity contribution in [2.75, 3.05) is 31.6 Å². The van der Waals surface area contributed by atoms with Crippen LogP contribution in [0.1, 0.15) is 53.4 Å². The van der Waals surface area contributed by atoms with Gasteiger partial charge in [-0.3, -0.25) is 14.4 Å². The molecule has 1 aliphatic carbocycles. The van der Waals surface area contributed by atoms with Gasteiger partial charge in [0.25, 0.3) is 11.8 Å². The maximum Gasteiger partial charge on any atom is 0.314 e. The molecule has 1 aromatic heterocycles. The summed E-state index contributed by atoms with van der Waals surface area (Å²) in [6, 6.07) is 0. The zero-order chi connectivity index (χ0) is 19.4. The second-order valence-electron chi connectivity index (χ2n) is 7.30. The second-order valence-corrected chi connectivity index (χ2v) is 8.40. The molecular weight excluding hydrogens is 366 g/mol. The number of nitrogens with two attached hydrogens (primary N) is 1. The number of likely N-dealkylation sites (tertiary alicyclic amines) is 1. The van der Waals surface area contributed by atoms with E-state index in [9.17, 15) is 14.4 Å². The predicted octanol–water partition coefficient (Wildman–Crippen LogP) is 0.522. The molecule has 1 aromatic rings. The molecule has 2 heterocycles. The third-order valence-electron chi connectivity index (χ3n) is 5.32. The Kier molecular flexibility index (Phi) is 6.49. The Morgan fingerprint density at radius 1 is 1.26 bits per heavy atom. The lowest BCUT2D eigenvalue weighted by Gasteiger charge is -2.28. The third-order valence-corrected chi connectivity index (χ3v) is 6.53. The van der Waals surface area contributed by atoms with Gasteiger partial charge in [-0.2, -0.15) is 0 Å². The van der Waals surface area contributed by atoms with Gasteiger partial charge in [0.15, 0.2) is 6.54 Å². The number of hydrogen-bond acceptors (Lipinski definition) is 5. The van der Waals surface area contributed by atoms with Crippen molar-refractivity contribution in [1.82, 2.24) is 0 Å². The average Bonchev–Trinajstić information content (AvgIpc) is 2.99. The molecule has 2 amide bonds. The fourth-order valence-corrected chi connectivity index (χ4v) is 5.40. The molecule has 1 fully saturated rings. The van der Waals surface area contributed by atoms with Crippen LogP contribution in [0.3, 0.4) is 0 Å². The Bertz CT molecular complexity index is 731. The van der Waals surface area contributed by atoms with Gasteiger partial charge in [0, 0.05) is 4.88 Å². The summed E-state index contributed by atoms with van der Waals surface area (Å²) in [7, 11) is 0. The second kappa shape index (κ2) is 8.84. The maximum absolute atomic E-state index is 12.6. The Morgan fingerprint density at radius 2 is 2.04 bits per heavy atom. The molecule has 7 nitrogen and oxygen atoms in total. The van der Waals surface area contributed by atoms with Crippen molar-refractivity contribution in [3.05, 3.63) is 16.0 Å². The first-order valence-electron chi connectivity index (χ1n) is 9.74. The van der Waals surface area contributed by atoms with Crippen molar-refractivity contribution in [2.24, 2.45) is 11.7 Å². The zero-order valence-electron chi connectivity index (χ0n) is 15.8. The normalized spacial score (nSPS) is 22.0. The summed E-state index contributed by atoms with van der Waals surface area (Å²) in [6.45, 7) is 3.92. The minimum absolute atomic E-state index is 0.142. The largest absolute Gasteiger partial charge is 0.466 e. The van der Waals surface area contributed by atoms with E-state index in [1.165, 1.54) is 11.3 Å². The fraction of sp³-hybridized carbons (Fsp3) is 0.632. The molecule has 8 heteroatoms. The molecule has 1 saturated heterocycles. The summed E-state index contributed by atoms with van der Waals surface area (Å²) in [5.41, 5.74) is 7.09. The molecule has 0 radical (unpaired) electrons. The minimum atomic E-state index is -0.475. The van der Waals surface area contributed by atoms with E-state index in [1.807, 2.05) is 0 Å². The van der Waals surface area contributed by atoms with E-state index in [-0.39, 0.29) is 24.3 Å². The average molecular weight is 395 g/mol. The van der Waals surface area contributed by atoms with E-state index >= 15 is 0 Å². The first-order chi connectivity index (χ1) is 13.0. The van der Waals surface area contributed by atoms with Crippen LogP contribution in [0.2, 0.25) is 0 Å². The number of quaternary nitrogens is 1. The number of aryl methyl sites for hydroxylation is 1. The van der Waals surface area contributed by atoms with Gasteiger partial charge in [0.1, 0.15) is 10.9 Å². The van der Waals surface area contributed by atoms with Gasteiger partial charge in [-0.25, -0.2) is 0 Å². The topological polar surface area (TPSA) is 103 Å². The van der Waals surface area contributed by atoms with Crippen LogP contribution in [0, 0.1) is 5.92 Å². The van der Waals surface area contributed by atoms with Crippen LogP contribution in [0.4, 0.5) is 5.00 Å². The molecule has 4 N–H and O–H groups in total. The van der Waals surface area contributed by atoms with Crippen LogP contribution in [-0.2, 0) is 27.2 Å². The van der Waals surface area contributed by atoms with Crippen LogP contribution < -0.4 is 16.0 Å². The van der Waals surface area contributed by atoms with Crippen molar-refractivity contribution in [3.8, 4) is 0 Å². The number of anilines is 1. The fourth-order valence-electron chi connectivity index (χ4n) is 4.09. The van der Waals surface area contributed by atoms with Gasteiger partial charge in [0.05, 0.1) is 25.3 Å². The number of carbonyl (C=O) groups is 3. The first kappa shape index (κ1) is 19.8. The summed E-state index contributed by atoms with van der Waals surface area (Å²) in [6.07, 6.45) is 5.64. The Hall–Kier alpha value is -1.93. The van der Waals surface area contributed by atoms with Crippen molar-refractivity contribution < 1.29 is 24.0 Å². The van der Waals surface area contributed by atoms with Crippen LogP contribution in [-0.4, -0.2) is 44.0 Å². The molecular formula is C19H28N3O4S+. The lowest BCUT2D eigenvalue weighted by atomic mass is 9.95. The highest BCUT2D eigenvalue weighted by atomic mass is 32.1. The number of piperidine rings is 1. The van der Waals surface area contributed by atoms with E-state index in [0.29, 0.717) is 23.7 Å². The minimum Gasteiger partial charge on any atom is -0.466 e. The molecule has 0 saturated carbocycles. The third kappa shape index (κ3) is 4.68. The molecule has 0 bridgehead atoms. The number of rotatable bonds is 6. The van der Waals surface area contributed by atoms with E-state index < -0.39 is 5.91 Å². The molecule has 1 unspecified atom stereocenters. The van der Waals surface area contributed by atoms with Crippen molar-refractivity contribution in [1.29, 1.82) is 0 Å². The number of primary amides is 1. The van der Waals surface area contributed by atoms with Gasteiger partial charge < -0.3 is 20.7 Å². The van der Waals surface area contributed by atoms with Crippen LogP contribution in [0.5, 0.6) is 0 Å². The van der Waals surface area contributed by atoms with Gasteiger partial charge >= 0.3 is 5.97 Å². The van der Waals surface area contributed by atoms with Gasteiger partial charge in [-0.05, 0) is 51.0 Å². The highest BCUT2D eigenvalue weighted by molar-refractivity contribution is 7.17. The smallest absolute Gasteiger partial charge is 0.314 e. The number of esters is 1. The van der Waals surface area contributed by atoms with Gasteiger partial charge in [-0.1, -0.05) is 0 Å². The van der Waals surface area contributed by atoms with Crippen molar-refractivity contribution >= 4 is 34.1 Å². The standard InChI is InChI=1S/C19H27N3O4S/c1-2-26-19(25)12-6-5-9-22(10-12)11-15(23)21-18-16(17(20)24)13-7-3-4-8-14(13)27-18/h12H,2-11H2,1H3,(H2,20,24)(H,21,23)/p+1/t12-/m0/s1. The first-order valence-corrected chi connectivity index (χ1v) is 10.6. The SMILES string of the molecule is CCOC(=O)[C@H]1CCC[NH+](CC(=O)Nc2sc3c(c2C(N)=O)CCCC3)C1. The number of ether oxygens (including phenoxy) is 1. The summed E-state index contributed by atoms with van der Waals surface area (Å²) in [5.74, 6) is -0.929. The predicted molar refractivity (Wildman–Crippen MR) is 103 cm³/mol. The number of amides is 2. The van der Waals surface area contributed by atoms with Crippen molar-refractivity contribution in [2.45, 2.75) is 45.4 Å². The number of hydrogen-bond donors (Lipinski definition) is 3. The zero-order valence-corrected chi connectivity index (χ0v) is 16.6. The van der Waals surface area contributed by atoms with E-state index in [1.54, 1.807) is 6.92 Å². The molecule has 0 aromatic carbocycles. The Morgan fingerprint density at radius 3 is 2.78 bits per heavy atom. The molecule has 0 spiro atoms. The molecule has 2 aliphatic rings. The summed E-state index contributed by atoms with van der Waals surface area (Å²) in [5, 5.41) is 3.49. The molecule has 148 valence electrons. The van der Waals surface area contributed by atoms with Crippen molar-refractivity contribution in [3.63, 3.8) is 0 Å². The van der Waals surface area contributed by atoms with Crippen LogP contribution >= 0.6 is 11.3 Å². The Labute approximate surface area is 163 Å². The Balaban J connectivity index is 1.63. The molecule has 2 atom stereocenters. The van der Waals surface area contributed by atoms with Crippen LogP contribution in [0.25, 0.3) is 0 Å². The van der Waals surface area contributed by atoms with E-state index in [4.69, 9.17) is 10.5 Å². The van der Waals surface area contributed by atoms with Gasteiger partial charge in [0.2, 0.25) is 0 Å². The monoisotopic (exact) mass is 394 g/mol. The number of thiophene rings is 1. The highest BCUT2D eigenvalue weighted by Gasteiger charge is 2.31. The molecule has 27 heavy (non-hydrogen) atoms. The maximum atomic E-state index is 12.6. The number of nitrogens with one attached hydrogen (secondary N) is 2. The number of fused-ring (bicyclic) bond motifs is 1. The molecule has 3 rings (SSSR count). The van der Waals surface area contributed by atoms with E-state index in [2.05, 4.69) is 5.32 Å². The lowest BCUT2D eigenvalue weighted by molar-refractivity contribution is -0.899. The lowest BCUT2D eigenvalue weighted by Crippen LogP contribution is -3.14. The van der Waals surface area contributed by atoms with Gasteiger partial charge in [-0.15, -0.1) is 11.3 Å². The summed E-state index contributed by atoms with van der Waals surface area (Å²) >= 11 is 1.48. The van der Waals surface area contributed by atoms with E-state index in [0.717, 1.165) is 60.4 Å². The number of carbonyl (C=O) groups excluding carboxylic acids is 3. The summed E-state index contributed by atoms with van der Waals surface area (Å²) < 4.78 is 5.12. The van der Waals surface area contributed by atoms with Crippen LogP contribution in [0.15, 0.2) is 0 Å². The highest BCUT2D eigenvalue weighted by Crippen LogP contribution is 2.37. The molecule has 1 aliphatic heterocycles.